The third-order valence-corrected chi connectivity index (χ3v) is 4.91. The summed E-state index contributed by atoms with van der Waals surface area (Å²) in [4.78, 5) is 24.0. The number of aromatic nitrogens is 5. The molecule has 0 aliphatic carbocycles. The highest BCUT2D eigenvalue weighted by Gasteiger charge is 2.26. The maximum atomic E-state index is 5.91. The van der Waals surface area contributed by atoms with E-state index in [4.69, 9.17) is 19.2 Å². The van der Waals surface area contributed by atoms with Gasteiger partial charge in [-0.2, -0.15) is 9.97 Å². The van der Waals surface area contributed by atoms with E-state index in [0.717, 1.165) is 36.4 Å². The summed E-state index contributed by atoms with van der Waals surface area (Å²) in [5.74, 6) is 1.94. The number of anilines is 1. The molecule has 1 fully saturated rings. The summed E-state index contributed by atoms with van der Waals surface area (Å²) in [6.07, 6.45) is 5.41. The average molecular weight is 408 g/mol. The molecule has 9 nitrogen and oxygen atoms in total. The molecule has 0 amide bonds. The summed E-state index contributed by atoms with van der Waals surface area (Å²) in [7, 11) is 3.04. The first-order valence-corrected chi connectivity index (χ1v) is 9.80. The monoisotopic (exact) mass is 408 g/mol. The lowest BCUT2D eigenvalue weighted by molar-refractivity contribution is 0.338. The van der Waals surface area contributed by atoms with Crippen LogP contribution >= 0.6 is 0 Å². The molecule has 0 spiro atoms. The molecule has 9 heteroatoms. The number of nitrogens with zero attached hydrogens (tertiary/aromatic N) is 6. The van der Waals surface area contributed by atoms with Crippen molar-refractivity contribution in [2.45, 2.75) is 25.7 Å². The van der Waals surface area contributed by atoms with Crippen LogP contribution in [-0.2, 0) is 0 Å². The van der Waals surface area contributed by atoms with Crippen LogP contribution < -0.4 is 19.1 Å². The van der Waals surface area contributed by atoms with E-state index in [0.29, 0.717) is 18.4 Å². The van der Waals surface area contributed by atoms with Crippen LogP contribution in [0.2, 0.25) is 0 Å². The number of methoxy groups -OCH3 is 2. The number of hydrogen-bond acceptors (Lipinski definition) is 9. The molecule has 1 aliphatic heterocycles. The molecule has 4 rings (SSSR count). The lowest BCUT2D eigenvalue weighted by atomic mass is 9.95. The van der Waals surface area contributed by atoms with Crippen molar-refractivity contribution >= 4 is 5.95 Å². The zero-order valence-electron chi connectivity index (χ0n) is 17.3. The third kappa shape index (κ3) is 4.56. The Labute approximate surface area is 175 Å². The van der Waals surface area contributed by atoms with Gasteiger partial charge in [-0.3, -0.25) is 4.98 Å². The van der Waals surface area contributed by atoms with Gasteiger partial charge in [-0.25, -0.2) is 4.98 Å². The molecule has 1 aliphatic rings. The predicted octanol–water partition coefficient (Wildman–Crippen LogP) is 3.16. The van der Waals surface area contributed by atoms with Gasteiger partial charge in [0.1, 0.15) is 5.75 Å². The fourth-order valence-electron chi connectivity index (χ4n) is 3.46. The molecule has 2 aromatic heterocycles. The zero-order valence-corrected chi connectivity index (χ0v) is 17.3. The summed E-state index contributed by atoms with van der Waals surface area (Å²) >= 11 is 0. The van der Waals surface area contributed by atoms with Crippen molar-refractivity contribution < 1.29 is 14.2 Å². The Hall–Kier alpha value is -3.49. The molecular weight excluding hydrogens is 384 g/mol. The first-order chi connectivity index (χ1) is 14.6. The van der Waals surface area contributed by atoms with E-state index in [1.807, 2.05) is 31.2 Å². The molecule has 1 aromatic carbocycles. The van der Waals surface area contributed by atoms with Gasteiger partial charge < -0.3 is 19.1 Å². The summed E-state index contributed by atoms with van der Waals surface area (Å²) in [5.41, 5.74) is 2.01. The highest BCUT2D eigenvalue weighted by molar-refractivity contribution is 5.35. The summed E-state index contributed by atoms with van der Waals surface area (Å²) in [5, 5.41) is 0. The fraction of sp³-hybridized carbons (Fsp3) is 0.381. The van der Waals surface area contributed by atoms with Gasteiger partial charge in [-0.05, 0) is 37.5 Å². The molecule has 30 heavy (non-hydrogen) atoms. The van der Waals surface area contributed by atoms with E-state index < -0.39 is 0 Å². The molecule has 156 valence electrons. The van der Waals surface area contributed by atoms with Gasteiger partial charge in [0, 0.05) is 25.2 Å². The Morgan fingerprint density at radius 1 is 1.00 bits per heavy atom. The van der Waals surface area contributed by atoms with Gasteiger partial charge in [0.05, 0.1) is 26.1 Å². The molecule has 1 atom stereocenters. The molecule has 0 bridgehead atoms. The maximum Gasteiger partial charge on any atom is 0.324 e. The highest BCUT2D eigenvalue weighted by Crippen LogP contribution is 2.30. The molecule has 1 saturated heterocycles. The van der Waals surface area contributed by atoms with Crippen LogP contribution in [0.5, 0.6) is 23.7 Å². The maximum absolute atomic E-state index is 5.91. The number of hydrogen-bond donors (Lipinski definition) is 0. The molecule has 0 radical (unpaired) electrons. The summed E-state index contributed by atoms with van der Waals surface area (Å²) < 4.78 is 16.3. The van der Waals surface area contributed by atoms with Crippen molar-refractivity contribution in [1.82, 2.24) is 24.9 Å². The van der Waals surface area contributed by atoms with Crippen LogP contribution in [0.15, 0.2) is 36.7 Å². The van der Waals surface area contributed by atoms with Crippen LogP contribution in [0.3, 0.4) is 0 Å². The SMILES string of the molecule is COc1nc(OC)nc(N2CCCC(c3cncc(Oc4cccc(C)c4)n3)C2)n1. The van der Waals surface area contributed by atoms with E-state index in [1.54, 1.807) is 12.4 Å². The number of benzene rings is 1. The van der Waals surface area contributed by atoms with Crippen molar-refractivity contribution in [3.63, 3.8) is 0 Å². The van der Waals surface area contributed by atoms with Crippen molar-refractivity contribution in [3.05, 3.63) is 47.9 Å². The highest BCUT2D eigenvalue weighted by atomic mass is 16.5. The Kier molecular flexibility index (Phi) is 5.87. The van der Waals surface area contributed by atoms with Crippen molar-refractivity contribution in [1.29, 1.82) is 0 Å². The minimum Gasteiger partial charge on any atom is -0.467 e. The van der Waals surface area contributed by atoms with E-state index in [1.165, 1.54) is 14.2 Å². The topological polar surface area (TPSA) is 95.4 Å². The smallest absolute Gasteiger partial charge is 0.324 e. The Morgan fingerprint density at radius 3 is 2.53 bits per heavy atom. The van der Waals surface area contributed by atoms with Crippen LogP contribution in [0.4, 0.5) is 5.95 Å². The number of aryl methyl sites for hydroxylation is 1. The van der Waals surface area contributed by atoms with Gasteiger partial charge >= 0.3 is 12.0 Å². The predicted molar refractivity (Wildman–Crippen MR) is 110 cm³/mol. The molecule has 1 unspecified atom stereocenters. The van der Waals surface area contributed by atoms with Gasteiger partial charge in [0.2, 0.25) is 11.8 Å². The molecule has 0 saturated carbocycles. The van der Waals surface area contributed by atoms with Crippen molar-refractivity contribution in [3.8, 4) is 23.7 Å². The largest absolute Gasteiger partial charge is 0.467 e. The summed E-state index contributed by atoms with van der Waals surface area (Å²) in [6.45, 7) is 3.56. The van der Waals surface area contributed by atoms with Gasteiger partial charge in [-0.1, -0.05) is 12.1 Å². The third-order valence-electron chi connectivity index (χ3n) is 4.91. The Balaban J connectivity index is 1.52. The zero-order chi connectivity index (χ0) is 20.9. The second-order valence-corrected chi connectivity index (χ2v) is 7.09. The van der Waals surface area contributed by atoms with Gasteiger partial charge in [0.25, 0.3) is 0 Å². The molecular formula is C21H24N6O3. The van der Waals surface area contributed by atoms with E-state index in [2.05, 4.69) is 24.8 Å². The molecule has 3 aromatic rings. The summed E-state index contributed by atoms with van der Waals surface area (Å²) in [6, 6.07) is 8.32. The minimum atomic E-state index is 0.182. The first kappa shape index (κ1) is 19.8. The van der Waals surface area contributed by atoms with Crippen LogP contribution in [0.1, 0.15) is 30.0 Å². The Bertz CT molecular complexity index is 993. The second-order valence-electron chi connectivity index (χ2n) is 7.09. The average Bonchev–Trinajstić information content (AvgIpc) is 2.79. The van der Waals surface area contributed by atoms with E-state index in [9.17, 15) is 0 Å². The number of piperidine rings is 1. The molecule has 0 N–H and O–H groups in total. The van der Waals surface area contributed by atoms with Crippen molar-refractivity contribution in [2.24, 2.45) is 0 Å². The van der Waals surface area contributed by atoms with Gasteiger partial charge in [-0.15, -0.1) is 4.98 Å². The van der Waals surface area contributed by atoms with Crippen LogP contribution in [-0.4, -0.2) is 52.2 Å². The standard InChI is InChI=1S/C21H24N6O3/c1-14-6-4-8-16(10-14)30-18-12-22-11-17(23-18)15-7-5-9-27(13-15)19-24-20(28-2)26-21(25-19)29-3/h4,6,8,10-12,15H,5,7,9,13H2,1-3H3. The van der Waals surface area contributed by atoms with E-state index >= 15 is 0 Å². The number of rotatable bonds is 6. The first-order valence-electron chi connectivity index (χ1n) is 9.80. The Morgan fingerprint density at radius 2 is 1.80 bits per heavy atom. The molecule has 3 heterocycles. The fourth-order valence-corrected chi connectivity index (χ4v) is 3.46. The van der Waals surface area contributed by atoms with Crippen LogP contribution in [0, 0.1) is 6.92 Å². The van der Waals surface area contributed by atoms with Crippen LogP contribution in [0.25, 0.3) is 0 Å². The second kappa shape index (κ2) is 8.89. The lowest BCUT2D eigenvalue weighted by Crippen LogP contribution is -2.36. The van der Waals surface area contributed by atoms with E-state index in [-0.39, 0.29) is 17.9 Å². The normalized spacial score (nSPS) is 16.2. The minimum absolute atomic E-state index is 0.182. The number of ether oxygens (including phenoxy) is 3. The van der Waals surface area contributed by atoms with Crippen molar-refractivity contribution in [2.75, 3.05) is 32.2 Å². The van der Waals surface area contributed by atoms with Gasteiger partial charge in [0.15, 0.2) is 0 Å². The lowest BCUT2D eigenvalue weighted by Gasteiger charge is -2.32. The quantitative estimate of drug-likeness (QED) is 0.609.